The molecular formula is C16H26N2O2. The van der Waals surface area contributed by atoms with Gasteiger partial charge >= 0.3 is 0 Å². The van der Waals surface area contributed by atoms with Gasteiger partial charge in [0.15, 0.2) is 11.5 Å². The van der Waals surface area contributed by atoms with E-state index in [1.807, 2.05) is 6.07 Å². The second kappa shape index (κ2) is 7.50. The summed E-state index contributed by atoms with van der Waals surface area (Å²) in [6.45, 7) is 6.73. The van der Waals surface area contributed by atoms with Crippen LogP contribution in [0.15, 0.2) is 18.2 Å². The highest BCUT2D eigenvalue weighted by Crippen LogP contribution is 2.27. The number of benzene rings is 1. The number of nitrogens with one attached hydrogen (secondary N) is 1. The Morgan fingerprint density at radius 3 is 2.75 bits per heavy atom. The summed E-state index contributed by atoms with van der Waals surface area (Å²) in [5.41, 5.74) is 1.30. The van der Waals surface area contributed by atoms with Crippen molar-refractivity contribution >= 4 is 0 Å². The highest BCUT2D eigenvalue weighted by atomic mass is 16.5. The van der Waals surface area contributed by atoms with Crippen LogP contribution in [0, 0.1) is 0 Å². The van der Waals surface area contributed by atoms with Gasteiger partial charge in [-0.1, -0.05) is 13.0 Å². The Labute approximate surface area is 122 Å². The molecule has 1 aliphatic heterocycles. The first-order valence-corrected chi connectivity index (χ1v) is 7.44. The third kappa shape index (κ3) is 3.64. The molecule has 0 aliphatic carbocycles. The van der Waals surface area contributed by atoms with Crippen molar-refractivity contribution in [1.82, 2.24) is 10.2 Å². The minimum Gasteiger partial charge on any atom is -0.493 e. The number of methoxy groups -OCH3 is 2. The molecule has 1 aromatic rings. The highest BCUT2D eigenvalue weighted by molar-refractivity contribution is 5.42. The van der Waals surface area contributed by atoms with Crippen LogP contribution in [0.25, 0.3) is 0 Å². The molecule has 0 spiro atoms. The summed E-state index contributed by atoms with van der Waals surface area (Å²) < 4.78 is 10.6. The Morgan fingerprint density at radius 2 is 2.05 bits per heavy atom. The van der Waals surface area contributed by atoms with Crippen LogP contribution in [0.1, 0.15) is 18.9 Å². The third-order valence-electron chi connectivity index (χ3n) is 4.08. The number of nitrogens with zero attached hydrogens (tertiary/aromatic N) is 1. The second-order valence-corrected chi connectivity index (χ2v) is 5.24. The van der Waals surface area contributed by atoms with Crippen LogP contribution in [0.2, 0.25) is 0 Å². The predicted molar refractivity (Wildman–Crippen MR) is 81.8 cm³/mol. The molecular weight excluding hydrogens is 252 g/mol. The maximum atomic E-state index is 5.36. The normalized spacial score (nSPS) is 19.9. The maximum absolute atomic E-state index is 5.36. The van der Waals surface area contributed by atoms with Crippen molar-refractivity contribution in [3.63, 3.8) is 0 Å². The molecule has 0 bridgehead atoms. The van der Waals surface area contributed by atoms with E-state index in [-0.39, 0.29) is 0 Å². The van der Waals surface area contributed by atoms with Gasteiger partial charge < -0.3 is 14.8 Å². The van der Waals surface area contributed by atoms with E-state index >= 15 is 0 Å². The van der Waals surface area contributed by atoms with Crippen LogP contribution in [0.4, 0.5) is 0 Å². The van der Waals surface area contributed by atoms with Crippen LogP contribution >= 0.6 is 0 Å². The number of piperazine rings is 1. The topological polar surface area (TPSA) is 33.7 Å². The number of hydrogen-bond donors (Lipinski definition) is 1. The van der Waals surface area contributed by atoms with Crippen molar-refractivity contribution in [2.24, 2.45) is 0 Å². The van der Waals surface area contributed by atoms with Crippen LogP contribution in [0.3, 0.4) is 0 Å². The van der Waals surface area contributed by atoms with Crippen molar-refractivity contribution in [1.29, 1.82) is 0 Å². The third-order valence-corrected chi connectivity index (χ3v) is 4.08. The average Bonchev–Trinajstić information content (AvgIpc) is 2.52. The summed E-state index contributed by atoms with van der Waals surface area (Å²) in [5, 5.41) is 3.47. The van der Waals surface area contributed by atoms with Gasteiger partial charge in [0.05, 0.1) is 14.2 Å². The zero-order valence-electron chi connectivity index (χ0n) is 12.8. The Balaban J connectivity index is 1.96. The van der Waals surface area contributed by atoms with E-state index in [0.29, 0.717) is 6.04 Å². The van der Waals surface area contributed by atoms with Gasteiger partial charge in [0.2, 0.25) is 0 Å². The van der Waals surface area contributed by atoms with Gasteiger partial charge in [-0.3, -0.25) is 4.90 Å². The maximum Gasteiger partial charge on any atom is 0.160 e. The van der Waals surface area contributed by atoms with E-state index in [1.165, 1.54) is 12.0 Å². The quantitative estimate of drug-likeness (QED) is 0.862. The molecule has 0 amide bonds. The highest BCUT2D eigenvalue weighted by Gasteiger charge is 2.19. The first-order chi connectivity index (χ1) is 9.78. The van der Waals surface area contributed by atoms with E-state index in [9.17, 15) is 0 Å². The van der Waals surface area contributed by atoms with Gasteiger partial charge in [-0.2, -0.15) is 0 Å². The van der Waals surface area contributed by atoms with E-state index in [1.54, 1.807) is 14.2 Å². The zero-order chi connectivity index (χ0) is 14.4. The lowest BCUT2D eigenvalue weighted by Gasteiger charge is -2.35. The average molecular weight is 278 g/mol. The van der Waals surface area contributed by atoms with Crippen LogP contribution in [0.5, 0.6) is 11.5 Å². The van der Waals surface area contributed by atoms with E-state index < -0.39 is 0 Å². The molecule has 1 saturated heterocycles. The SMILES string of the molecule is CCC1CNCCN1CCc1ccc(OC)c(OC)c1. The summed E-state index contributed by atoms with van der Waals surface area (Å²) in [7, 11) is 3.36. The summed E-state index contributed by atoms with van der Waals surface area (Å²) in [4.78, 5) is 2.59. The van der Waals surface area contributed by atoms with Crippen LogP contribution < -0.4 is 14.8 Å². The van der Waals surface area contributed by atoms with E-state index in [0.717, 1.165) is 44.1 Å². The van der Waals surface area contributed by atoms with Crippen molar-refractivity contribution in [3.05, 3.63) is 23.8 Å². The number of hydrogen-bond acceptors (Lipinski definition) is 4. The minimum absolute atomic E-state index is 0.670. The zero-order valence-corrected chi connectivity index (χ0v) is 12.8. The Hall–Kier alpha value is -1.26. The number of ether oxygens (including phenoxy) is 2. The standard InChI is InChI=1S/C16H26N2O2/c1-4-14-12-17-8-10-18(14)9-7-13-5-6-15(19-2)16(11-13)20-3/h5-6,11,14,17H,4,7-10,12H2,1-3H3. The van der Waals surface area contributed by atoms with Gasteiger partial charge in [0.25, 0.3) is 0 Å². The Morgan fingerprint density at radius 1 is 1.25 bits per heavy atom. The lowest BCUT2D eigenvalue weighted by atomic mass is 10.1. The minimum atomic E-state index is 0.670. The van der Waals surface area contributed by atoms with Gasteiger partial charge in [0.1, 0.15) is 0 Å². The van der Waals surface area contributed by atoms with Gasteiger partial charge in [-0.15, -0.1) is 0 Å². The molecule has 1 fully saturated rings. The molecule has 1 aliphatic rings. The van der Waals surface area contributed by atoms with Gasteiger partial charge in [-0.25, -0.2) is 0 Å². The van der Waals surface area contributed by atoms with Gasteiger partial charge in [0, 0.05) is 32.2 Å². The van der Waals surface area contributed by atoms with E-state index in [4.69, 9.17) is 9.47 Å². The summed E-state index contributed by atoms with van der Waals surface area (Å²) >= 11 is 0. The molecule has 1 aromatic carbocycles. The molecule has 1 unspecified atom stereocenters. The fourth-order valence-electron chi connectivity index (χ4n) is 2.81. The molecule has 0 saturated carbocycles. The van der Waals surface area contributed by atoms with Gasteiger partial charge in [-0.05, 0) is 30.5 Å². The van der Waals surface area contributed by atoms with Crippen LogP contribution in [-0.2, 0) is 6.42 Å². The lowest BCUT2D eigenvalue weighted by Crippen LogP contribution is -2.51. The summed E-state index contributed by atoms with van der Waals surface area (Å²) in [6, 6.07) is 6.87. The molecule has 1 N–H and O–H groups in total. The molecule has 0 radical (unpaired) electrons. The number of rotatable bonds is 6. The van der Waals surface area contributed by atoms with E-state index in [2.05, 4.69) is 29.3 Å². The first-order valence-electron chi connectivity index (χ1n) is 7.44. The smallest absolute Gasteiger partial charge is 0.160 e. The molecule has 20 heavy (non-hydrogen) atoms. The molecule has 0 aromatic heterocycles. The molecule has 4 nitrogen and oxygen atoms in total. The molecule has 4 heteroatoms. The molecule has 1 atom stereocenters. The molecule has 2 rings (SSSR count). The Bertz CT molecular complexity index is 423. The van der Waals surface area contributed by atoms with Crippen molar-refractivity contribution in [3.8, 4) is 11.5 Å². The monoisotopic (exact) mass is 278 g/mol. The van der Waals surface area contributed by atoms with Crippen molar-refractivity contribution in [2.75, 3.05) is 40.4 Å². The summed E-state index contributed by atoms with van der Waals surface area (Å²) in [5.74, 6) is 1.61. The Kier molecular flexibility index (Phi) is 5.68. The fourth-order valence-corrected chi connectivity index (χ4v) is 2.81. The van der Waals surface area contributed by atoms with Crippen molar-refractivity contribution in [2.45, 2.75) is 25.8 Å². The van der Waals surface area contributed by atoms with Crippen LogP contribution in [-0.4, -0.2) is 51.3 Å². The van der Waals surface area contributed by atoms with Crippen molar-refractivity contribution < 1.29 is 9.47 Å². The largest absolute Gasteiger partial charge is 0.493 e. The fraction of sp³-hybridized carbons (Fsp3) is 0.625. The second-order valence-electron chi connectivity index (χ2n) is 5.24. The molecule has 1 heterocycles. The lowest BCUT2D eigenvalue weighted by molar-refractivity contribution is 0.159. The first kappa shape index (κ1) is 15.1. The predicted octanol–water partition coefficient (Wildman–Crippen LogP) is 1.93. The molecule has 112 valence electrons. The summed E-state index contributed by atoms with van der Waals surface area (Å²) in [6.07, 6.45) is 2.26.